The van der Waals surface area contributed by atoms with Gasteiger partial charge in [0.25, 0.3) is 0 Å². The van der Waals surface area contributed by atoms with E-state index in [9.17, 15) is 5.11 Å². The average Bonchev–Trinajstić information content (AvgIpc) is 2.01. The van der Waals surface area contributed by atoms with Crippen molar-refractivity contribution in [2.75, 3.05) is 13.1 Å². The molecule has 4 nitrogen and oxygen atoms in total. The molecule has 1 fully saturated rings. The van der Waals surface area contributed by atoms with Crippen LogP contribution in [0.15, 0.2) is 0 Å². The summed E-state index contributed by atoms with van der Waals surface area (Å²) in [4.78, 5) is 0. The molecule has 0 bridgehead atoms. The molecule has 1 rings (SSSR count). The van der Waals surface area contributed by atoms with Gasteiger partial charge in [0.1, 0.15) is 0 Å². The van der Waals surface area contributed by atoms with Crippen molar-refractivity contribution < 1.29 is 9.84 Å². The van der Waals surface area contributed by atoms with Crippen molar-refractivity contribution in [1.29, 1.82) is 0 Å². The summed E-state index contributed by atoms with van der Waals surface area (Å²) in [5, 5.41) is 11.9. The molecule has 1 aliphatic heterocycles. The molecule has 0 aliphatic carbocycles. The second-order valence-electron chi connectivity index (χ2n) is 4.92. The molecule has 4 heteroatoms. The number of hydrogen-bond acceptors (Lipinski definition) is 4. The highest BCUT2D eigenvalue weighted by molar-refractivity contribution is 4.71. The molecule has 14 heavy (non-hydrogen) atoms. The number of rotatable bonds is 2. The molecule has 2 N–H and O–H groups in total. The molecule has 0 saturated carbocycles. The van der Waals surface area contributed by atoms with Crippen molar-refractivity contribution >= 4 is 0 Å². The Bertz CT molecular complexity index is 181. The summed E-state index contributed by atoms with van der Waals surface area (Å²) in [6.45, 7) is 9.21. The Morgan fingerprint density at radius 2 is 1.86 bits per heavy atom. The zero-order valence-corrected chi connectivity index (χ0v) is 9.63. The van der Waals surface area contributed by atoms with Crippen LogP contribution in [0.2, 0.25) is 0 Å². The molecule has 0 amide bonds. The van der Waals surface area contributed by atoms with Crippen molar-refractivity contribution in [2.24, 2.45) is 0 Å². The van der Waals surface area contributed by atoms with Gasteiger partial charge in [0.2, 0.25) is 5.91 Å². The number of nitrogens with zero attached hydrogens (tertiary/aromatic N) is 1. The van der Waals surface area contributed by atoms with Gasteiger partial charge in [0.15, 0.2) is 0 Å². The van der Waals surface area contributed by atoms with Gasteiger partial charge < -0.3 is 9.84 Å². The second kappa shape index (κ2) is 4.14. The van der Waals surface area contributed by atoms with Crippen LogP contribution in [0.5, 0.6) is 0 Å². The zero-order chi connectivity index (χ0) is 10.8. The van der Waals surface area contributed by atoms with Crippen molar-refractivity contribution in [3.8, 4) is 0 Å². The lowest BCUT2D eigenvalue weighted by molar-refractivity contribution is -0.332. The van der Waals surface area contributed by atoms with Crippen LogP contribution in [0.25, 0.3) is 0 Å². The number of hydrogen-bond donors (Lipinski definition) is 2. The van der Waals surface area contributed by atoms with E-state index in [4.69, 9.17) is 4.74 Å². The fourth-order valence-electron chi connectivity index (χ4n) is 1.68. The zero-order valence-electron chi connectivity index (χ0n) is 9.63. The van der Waals surface area contributed by atoms with E-state index in [1.807, 2.05) is 20.8 Å². The summed E-state index contributed by atoms with van der Waals surface area (Å²) >= 11 is 0. The van der Waals surface area contributed by atoms with Gasteiger partial charge in [-0.1, -0.05) is 0 Å². The maximum atomic E-state index is 10.1. The van der Waals surface area contributed by atoms with Crippen molar-refractivity contribution in [3.05, 3.63) is 0 Å². The molecule has 0 radical (unpaired) electrons. The maximum absolute atomic E-state index is 10.1. The molecule has 1 atom stereocenters. The Labute approximate surface area is 86.2 Å². The molecular formula is C10H22N2O2. The van der Waals surface area contributed by atoms with Gasteiger partial charge in [-0.2, -0.15) is 5.01 Å². The SMILES string of the molecule is CC(C)(C)OC(C)(O)N1CCCCN1. The van der Waals surface area contributed by atoms with Crippen LogP contribution < -0.4 is 5.43 Å². The van der Waals surface area contributed by atoms with Crippen LogP contribution in [0.1, 0.15) is 40.5 Å². The number of aliphatic hydroxyl groups is 1. The maximum Gasteiger partial charge on any atom is 0.237 e. The molecule has 1 saturated heterocycles. The van der Waals surface area contributed by atoms with Gasteiger partial charge in [-0.3, -0.25) is 5.43 Å². The molecule has 84 valence electrons. The lowest BCUT2D eigenvalue weighted by Crippen LogP contribution is -2.59. The lowest BCUT2D eigenvalue weighted by atomic mass is 10.2. The summed E-state index contributed by atoms with van der Waals surface area (Å²) < 4.78 is 5.58. The normalized spacial score (nSPS) is 24.6. The summed E-state index contributed by atoms with van der Waals surface area (Å²) in [5.41, 5.74) is 2.80. The molecule has 1 unspecified atom stereocenters. The first kappa shape index (κ1) is 11.9. The predicted octanol–water partition coefficient (Wildman–Crippen LogP) is 1.07. The van der Waals surface area contributed by atoms with Gasteiger partial charge in [-0.15, -0.1) is 0 Å². The first-order valence-corrected chi connectivity index (χ1v) is 5.25. The highest BCUT2D eigenvalue weighted by Gasteiger charge is 2.35. The molecule has 1 aliphatic rings. The first-order valence-electron chi connectivity index (χ1n) is 5.25. The van der Waals surface area contributed by atoms with Crippen LogP contribution in [-0.2, 0) is 4.74 Å². The number of nitrogens with one attached hydrogen (secondary N) is 1. The predicted molar refractivity (Wildman–Crippen MR) is 55.4 cm³/mol. The van der Waals surface area contributed by atoms with E-state index in [1.54, 1.807) is 11.9 Å². The lowest BCUT2D eigenvalue weighted by Gasteiger charge is -2.42. The second-order valence-corrected chi connectivity index (χ2v) is 4.92. The first-order chi connectivity index (χ1) is 6.31. The Balaban J connectivity index is 2.54. The summed E-state index contributed by atoms with van der Waals surface area (Å²) in [6.07, 6.45) is 2.25. The van der Waals surface area contributed by atoms with Gasteiger partial charge in [-0.05, 0) is 33.6 Å². The molecule has 0 aromatic rings. The van der Waals surface area contributed by atoms with E-state index in [0.717, 1.165) is 25.9 Å². The van der Waals surface area contributed by atoms with E-state index >= 15 is 0 Å². The summed E-state index contributed by atoms with van der Waals surface area (Å²) in [7, 11) is 0. The summed E-state index contributed by atoms with van der Waals surface area (Å²) in [5.74, 6) is -1.22. The molecular weight excluding hydrogens is 180 g/mol. The minimum Gasteiger partial charge on any atom is -0.352 e. The van der Waals surface area contributed by atoms with Crippen LogP contribution in [0, 0.1) is 0 Å². The minimum atomic E-state index is -1.22. The van der Waals surface area contributed by atoms with Crippen LogP contribution in [0.3, 0.4) is 0 Å². The monoisotopic (exact) mass is 202 g/mol. The smallest absolute Gasteiger partial charge is 0.237 e. The summed E-state index contributed by atoms with van der Waals surface area (Å²) in [6, 6.07) is 0. The van der Waals surface area contributed by atoms with E-state index in [2.05, 4.69) is 5.43 Å². The molecule has 0 spiro atoms. The largest absolute Gasteiger partial charge is 0.352 e. The van der Waals surface area contributed by atoms with Gasteiger partial charge in [-0.25, -0.2) is 0 Å². The van der Waals surface area contributed by atoms with Gasteiger partial charge in [0, 0.05) is 20.0 Å². The number of hydrazine groups is 1. The molecule has 1 heterocycles. The van der Waals surface area contributed by atoms with E-state index < -0.39 is 5.91 Å². The Morgan fingerprint density at radius 1 is 1.21 bits per heavy atom. The number of ether oxygens (including phenoxy) is 1. The highest BCUT2D eigenvalue weighted by atomic mass is 16.7. The van der Waals surface area contributed by atoms with E-state index in [1.165, 1.54) is 0 Å². The Kier molecular flexibility index (Phi) is 3.53. The minimum absolute atomic E-state index is 0.345. The fraction of sp³-hybridized carbons (Fsp3) is 1.00. The quantitative estimate of drug-likeness (QED) is 0.657. The third-order valence-corrected chi connectivity index (χ3v) is 2.11. The highest BCUT2D eigenvalue weighted by Crippen LogP contribution is 2.21. The van der Waals surface area contributed by atoms with E-state index in [0.29, 0.717) is 0 Å². The third kappa shape index (κ3) is 3.53. The molecule has 0 aromatic carbocycles. The van der Waals surface area contributed by atoms with Crippen LogP contribution in [0.4, 0.5) is 0 Å². The van der Waals surface area contributed by atoms with Crippen LogP contribution >= 0.6 is 0 Å². The van der Waals surface area contributed by atoms with Crippen molar-refractivity contribution in [1.82, 2.24) is 10.4 Å². The van der Waals surface area contributed by atoms with Crippen LogP contribution in [-0.4, -0.2) is 34.7 Å². The Hall–Kier alpha value is -0.160. The van der Waals surface area contributed by atoms with Crippen molar-refractivity contribution in [3.63, 3.8) is 0 Å². The fourth-order valence-corrected chi connectivity index (χ4v) is 1.68. The van der Waals surface area contributed by atoms with Crippen molar-refractivity contribution in [2.45, 2.75) is 52.0 Å². The van der Waals surface area contributed by atoms with Gasteiger partial charge >= 0.3 is 0 Å². The third-order valence-electron chi connectivity index (χ3n) is 2.11. The Morgan fingerprint density at radius 3 is 2.29 bits per heavy atom. The van der Waals surface area contributed by atoms with Gasteiger partial charge in [0.05, 0.1) is 5.60 Å². The standard InChI is InChI=1S/C10H22N2O2/c1-9(2,3)14-10(4,13)12-8-6-5-7-11-12/h11,13H,5-8H2,1-4H3. The average molecular weight is 202 g/mol. The van der Waals surface area contributed by atoms with E-state index in [-0.39, 0.29) is 5.60 Å². The molecule has 0 aromatic heterocycles. The topological polar surface area (TPSA) is 44.7 Å².